The molecule has 0 unspecified atom stereocenters. The predicted molar refractivity (Wildman–Crippen MR) is 66.8 cm³/mol. The molecule has 0 saturated heterocycles. The molecule has 0 atom stereocenters. The first-order chi connectivity index (χ1) is 8.15. The van der Waals surface area contributed by atoms with E-state index in [0.29, 0.717) is 6.61 Å². The van der Waals surface area contributed by atoms with E-state index in [1.807, 2.05) is 24.3 Å². The molecule has 0 spiro atoms. The van der Waals surface area contributed by atoms with Crippen LogP contribution in [0.15, 0.2) is 24.3 Å². The number of nitrogens with one attached hydrogen (secondary N) is 1. The van der Waals surface area contributed by atoms with Gasteiger partial charge in [-0.05, 0) is 30.9 Å². The molecule has 1 aromatic rings. The van der Waals surface area contributed by atoms with Gasteiger partial charge in [-0.15, -0.1) is 0 Å². The van der Waals surface area contributed by atoms with Crippen molar-refractivity contribution in [1.29, 1.82) is 0 Å². The van der Waals surface area contributed by atoms with Gasteiger partial charge < -0.3 is 15.8 Å². The van der Waals surface area contributed by atoms with E-state index < -0.39 is 5.54 Å². The Balaban J connectivity index is 2.06. The quantitative estimate of drug-likeness (QED) is 0.807. The highest BCUT2D eigenvalue weighted by atomic mass is 16.5. The van der Waals surface area contributed by atoms with E-state index in [-0.39, 0.29) is 5.91 Å². The Kier molecular flexibility index (Phi) is 3.45. The van der Waals surface area contributed by atoms with E-state index in [1.54, 1.807) is 7.11 Å². The third-order valence-corrected chi connectivity index (χ3v) is 3.08. The molecule has 1 saturated carbocycles. The van der Waals surface area contributed by atoms with Gasteiger partial charge in [0.2, 0.25) is 5.91 Å². The first-order valence-electron chi connectivity index (χ1n) is 5.83. The predicted octanol–water partition coefficient (Wildman–Crippen LogP) is 1.31. The molecule has 4 nitrogen and oxygen atoms in total. The summed E-state index contributed by atoms with van der Waals surface area (Å²) in [5, 5.41) is 2.90. The number of nitrogens with two attached hydrogens (primary N) is 1. The Morgan fingerprint density at radius 1 is 1.47 bits per heavy atom. The van der Waals surface area contributed by atoms with Crippen LogP contribution in [0.4, 0.5) is 5.69 Å². The minimum absolute atomic E-state index is 0.0811. The Labute approximate surface area is 101 Å². The van der Waals surface area contributed by atoms with Gasteiger partial charge in [-0.25, -0.2) is 0 Å². The van der Waals surface area contributed by atoms with Crippen molar-refractivity contribution in [2.24, 2.45) is 5.73 Å². The number of carbonyl (C=O) groups is 1. The van der Waals surface area contributed by atoms with E-state index in [2.05, 4.69) is 5.32 Å². The van der Waals surface area contributed by atoms with Crippen LogP contribution in [0.3, 0.4) is 0 Å². The maximum atomic E-state index is 11.9. The lowest BCUT2D eigenvalue weighted by Crippen LogP contribution is -2.38. The van der Waals surface area contributed by atoms with Crippen LogP contribution in [-0.4, -0.2) is 25.2 Å². The molecule has 3 N–H and O–H groups in total. The van der Waals surface area contributed by atoms with Crippen LogP contribution in [0.25, 0.3) is 0 Å². The lowest BCUT2D eigenvalue weighted by Gasteiger charge is -2.13. The normalized spacial score (nSPS) is 16.6. The molecule has 1 aromatic carbocycles. The van der Waals surface area contributed by atoms with Gasteiger partial charge in [0.1, 0.15) is 0 Å². The van der Waals surface area contributed by atoms with Gasteiger partial charge in [0.25, 0.3) is 0 Å². The Hall–Kier alpha value is -1.39. The van der Waals surface area contributed by atoms with Crippen molar-refractivity contribution in [3.8, 4) is 0 Å². The first kappa shape index (κ1) is 12.1. The van der Waals surface area contributed by atoms with Gasteiger partial charge in [-0.3, -0.25) is 4.79 Å². The largest absolute Gasteiger partial charge is 0.384 e. The number of ether oxygens (including phenoxy) is 1. The van der Waals surface area contributed by atoms with E-state index >= 15 is 0 Å². The van der Waals surface area contributed by atoms with Crippen molar-refractivity contribution < 1.29 is 9.53 Å². The molecule has 0 bridgehead atoms. The zero-order valence-corrected chi connectivity index (χ0v) is 10.0. The van der Waals surface area contributed by atoms with E-state index in [0.717, 1.165) is 30.5 Å². The van der Waals surface area contributed by atoms with Gasteiger partial charge in [0.15, 0.2) is 0 Å². The SMILES string of the molecule is COCCc1ccccc1NC(=O)C1(N)CC1. The summed E-state index contributed by atoms with van der Waals surface area (Å²) in [4.78, 5) is 11.9. The summed E-state index contributed by atoms with van der Waals surface area (Å²) in [6, 6.07) is 7.75. The molecule has 4 heteroatoms. The van der Waals surface area contributed by atoms with Gasteiger partial charge in [-0.1, -0.05) is 18.2 Å². The molecule has 1 amide bonds. The van der Waals surface area contributed by atoms with Crippen LogP contribution < -0.4 is 11.1 Å². The monoisotopic (exact) mass is 234 g/mol. The highest BCUT2D eigenvalue weighted by Crippen LogP contribution is 2.33. The lowest BCUT2D eigenvalue weighted by atomic mass is 10.1. The van der Waals surface area contributed by atoms with Gasteiger partial charge in [0, 0.05) is 12.8 Å². The molecule has 0 aliphatic heterocycles. The first-order valence-corrected chi connectivity index (χ1v) is 5.83. The number of methoxy groups -OCH3 is 1. The molecule has 17 heavy (non-hydrogen) atoms. The summed E-state index contributed by atoms with van der Waals surface area (Å²) in [5.74, 6) is -0.0811. The van der Waals surface area contributed by atoms with Gasteiger partial charge >= 0.3 is 0 Å². The van der Waals surface area contributed by atoms with Crippen molar-refractivity contribution in [3.63, 3.8) is 0 Å². The molecule has 0 aromatic heterocycles. The summed E-state index contributed by atoms with van der Waals surface area (Å²) >= 11 is 0. The number of amides is 1. The smallest absolute Gasteiger partial charge is 0.244 e. The number of anilines is 1. The summed E-state index contributed by atoms with van der Waals surface area (Å²) in [7, 11) is 1.67. The number of benzene rings is 1. The lowest BCUT2D eigenvalue weighted by molar-refractivity contribution is -0.118. The Bertz CT molecular complexity index is 414. The van der Waals surface area contributed by atoms with E-state index in [4.69, 9.17) is 10.5 Å². The summed E-state index contributed by atoms with van der Waals surface area (Å²) in [6.07, 6.45) is 2.34. The van der Waals surface area contributed by atoms with E-state index in [9.17, 15) is 4.79 Å². The van der Waals surface area contributed by atoms with Gasteiger partial charge in [0.05, 0.1) is 12.1 Å². The third-order valence-electron chi connectivity index (χ3n) is 3.08. The average Bonchev–Trinajstić information content (AvgIpc) is 3.08. The van der Waals surface area contributed by atoms with Crippen LogP contribution in [0.5, 0.6) is 0 Å². The zero-order chi connectivity index (χ0) is 12.3. The number of para-hydroxylation sites is 1. The fourth-order valence-electron chi connectivity index (χ4n) is 1.68. The molecule has 0 heterocycles. The van der Waals surface area contributed by atoms with Crippen molar-refractivity contribution in [1.82, 2.24) is 0 Å². The second-order valence-corrected chi connectivity index (χ2v) is 4.51. The second-order valence-electron chi connectivity index (χ2n) is 4.51. The molecule has 92 valence electrons. The minimum atomic E-state index is -0.631. The van der Waals surface area contributed by atoms with Crippen molar-refractivity contribution in [2.45, 2.75) is 24.8 Å². The number of rotatable bonds is 5. The fraction of sp³-hybridized carbons (Fsp3) is 0.462. The highest BCUT2D eigenvalue weighted by molar-refractivity contribution is 6.00. The third kappa shape index (κ3) is 2.84. The van der Waals surface area contributed by atoms with Crippen molar-refractivity contribution in [3.05, 3.63) is 29.8 Å². The maximum absolute atomic E-state index is 11.9. The number of carbonyl (C=O) groups excluding carboxylic acids is 1. The summed E-state index contributed by atoms with van der Waals surface area (Å²) < 4.78 is 5.05. The topological polar surface area (TPSA) is 64.3 Å². The standard InChI is InChI=1S/C13H18N2O2/c1-17-9-6-10-4-2-3-5-11(10)15-12(16)13(14)7-8-13/h2-5H,6-9,14H2,1H3,(H,15,16). The molecule has 0 radical (unpaired) electrons. The van der Waals surface area contributed by atoms with Crippen LogP contribution >= 0.6 is 0 Å². The zero-order valence-electron chi connectivity index (χ0n) is 10.0. The summed E-state index contributed by atoms with van der Waals surface area (Å²) in [5.41, 5.74) is 7.14. The van der Waals surface area contributed by atoms with Crippen LogP contribution in [-0.2, 0) is 16.0 Å². The van der Waals surface area contributed by atoms with Crippen LogP contribution in [0.2, 0.25) is 0 Å². The Morgan fingerprint density at radius 2 is 2.18 bits per heavy atom. The number of hydrogen-bond acceptors (Lipinski definition) is 3. The molecular weight excluding hydrogens is 216 g/mol. The molecule has 1 aliphatic carbocycles. The van der Waals surface area contributed by atoms with Crippen LogP contribution in [0.1, 0.15) is 18.4 Å². The van der Waals surface area contributed by atoms with E-state index in [1.165, 1.54) is 0 Å². The van der Waals surface area contributed by atoms with Gasteiger partial charge in [-0.2, -0.15) is 0 Å². The maximum Gasteiger partial charge on any atom is 0.244 e. The highest BCUT2D eigenvalue weighted by Gasteiger charge is 2.46. The average molecular weight is 234 g/mol. The summed E-state index contributed by atoms with van der Waals surface area (Å²) in [6.45, 7) is 0.640. The van der Waals surface area contributed by atoms with Crippen molar-refractivity contribution >= 4 is 11.6 Å². The van der Waals surface area contributed by atoms with Crippen molar-refractivity contribution in [2.75, 3.05) is 19.0 Å². The molecule has 1 fully saturated rings. The second kappa shape index (κ2) is 4.85. The molecule has 1 aliphatic rings. The molecule has 2 rings (SSSR count). The Morgan fingerprint density at radius 3 is 2.82 bits per heavy atom. The van der Waals surface area contributed by atoms with Crippen LogP contribution in [0, 0.1) is 0 Å². The minimum Gasteiger partial charge on any atom is -0.384 e. The number of hydrogen-bond donors (Lipinski definition) is 2. The molecular formula is C13H18N2O2. The fourth-order valence-corrected chi connectivity index (χ4v) is 1.68.